The maximum Gasteiger partial charge on any atom is 0.291 e. The number of furan rings is 1. The molecule has 1 N–H and O–H groups in total. The zero-order valence-corrected chi connectivity index (χ0v) is 18.4. The summed E-state index contributed by atoms with van der Waals surface area (Å²) >= 11 is 6.03. The Hall–Kier alpha value is -3.71. The normalized spacial score (nSPS) is 10.7. The van der Waals surface area contributed by atoms with E-state index in [0.717, 1.165) is 16.9 Å². The highest BCUT2D eigenvalue weighted by Gasteiger charge is 2.13. The standard InChI is InChI=1S/C24H22ClN3O4/c1-16-10-20(6-8-22(16)25)31-15-21-7-9-23(32-21)24(29)27-18-12-26-28(14-18)13-17-4-3-5-19(11-17)30-2/h3-12,14H,13,15H2,1-2H3,(H,27,29). The van der Waals surface area contributed by atoms with Crippen molar-refractivity contribution in [3.8, 4) is 11.5 Å². The van der Waals surface area contributed by atoms with E-state index < -0.39 is 0 Å². The van der Waals surface area contributed by atoms with Crippen LogP contribution < -0.4 is 14.8 Å². The number of aryl methyl sites for hydroxylation is 1. The molecule has 2 aromatic heterocycles. The number of benzene rings is 2. The predicted octanol–water partition coefficient (Wildman–Crippen LogP) is 5.33. The summed E-state index contributed by atoms with van der Waals surface area (Å²) in [6.07, 6.45) is 3.35. The molecule has 2 aromatic carbocycles. The van der Waals surface area contributed by atoms with Crippen molar-refractivity contribution in [2.45, 2.75) is 20.1 Å². The van der Waals surface area contributed by atoms with Crippen LogP contribution in [0.1, 0.15) is 27.4 Å². The fourth-order valence-electron chi connectivity index (χ4n) is 3.10. The third-order valence-corrected chi connectivity index (χ3v) is 5.19. The highest BCUT2D eigenvalue weighted by atomic mass is 35.5. The Balaban J connectivity index is 1.33. The number of aromatic nitrogens is 2. The van der Waals surface area contributed by atoms with E-state index in [0.29, 0.717) is 28.8 Å². The van der Waals surface area contributed by atoms with Gasteiger partial charge in [-0.2, -0.15) is 5.10 Å². The summed E-state index contributed by atoms with van der Waals surface area (Å²) < 4.78 is 18.3. The van der Waals surface area contributed by atoms with E-state index in [-0.39, 0.29) is 18.3 Å². The third kappa shape index (κ3) is 5.31. The average Bonchev–Trinajstić information content (AvgIpc) is 3.44. The first-order chi connectivity index (χ1) is 15.5. The second kappa shape index (κ2) is 9.62. The Morgan fingerprint density at radius 3 is 2.84 bits per heavy atom. The van der Waals surface area contributed by atoms with Crippen LogP contribution in [-0.4, -0.2) is 22.8 Å². The lowest BCUT2D eigenvalue weighted by atomic mass is 10.2. The molecule has 0 aliphatic carbocycles. The van der Waals surface area contributed by atoms with Gasteiger partial charge in [-0.25, -0.2) is 0 Å². The average molecular weight is 452 g/mol. The van der Waals surface area contributed by atoms with Gasteiger partial charge in [0.1, 0.15) is 23.9 Å². The molecule has 0 bridgehead atoms. The van der Waals surface area contributed by atoms with Crippen molar-refractivity contribution in [3.63, 3.8) is 0 Å². The highest BCUT2D eigenvalue weighted by Crippen LogP contribution is 2.22. The first kappa shape index (κ1) is 21.5. The Labute approximate surface area is 190 Å². The Morgan fingerprint density at radius 1 is 1.16 bits per heavy atom. The van der Waals surface area contributed by atoms with Gasteiger partial charge in [0.15, 0.2) is 5.76 Å². The first-order valence-corrected chi connectivity index (χ1v) is 10.3. The van der Waals surface area contributed by atoms with Crippen LogP contribution in [0, 0.1) is 6.92 Å². The number of anilines is 1. The summed E-state index contributed by atoms with van der Waals surface area (Å²) in [5, 5.41) is 7.77. The van der Waals surface area contributed by atoms with E-state index in [4.69, 9.17) is 25.5 Å². The molecular weight excluding hydrogens is 430 g/mol. The van der Waals surface area contributed by atoms with Crippen LogP contribution in [0.4, 0.5) is 5.69 Å². The summed E-state index contributed by atoms with van der Waals surface area (Å²) in [6.45, 7) is 2.66. The minimum atomic E-state index is -0.362. The molecule has 164 valence electrons. The molecular formula is C24H22ClN3O4. The van der Waals surface area contributed by atoms with Crippen LogP contribution in [0.25, 0.3) is 0 Å². The van der Waals surface area contributed by atoms with Gasteiger partial charge in [-0.15, -0.1) is 0 Å². The lowest BCUT2D eigenvalue weighted by Crippen LogP contribution is -2.10. The molecule has 0 radical (unpaired) electrons. The molecule has 4 aromatic rings. The maximum atomic E-state index is 12.5. The molecule has 0 saturated heterocycles. The fraction of sp³-hybridized carbons (Fsp3) is 0.167. The number of methoxy groups -OCH3 is 1. The van der Waals surface area contributed by atoms with Gasteiger partial charge in [0.25, 0.3) is 5.91 Å². The number of carbonyl (C=O) groups is 1. The maximum absolute atomic E-state index is 12.5. The molecule has 0 saturated carbocycles. The highest BCUT2D eigenvalue weighted by molar-refractivity contribution is 6.31. The number of nitrogens with zero attached hydrogens (tertiary/aromatic N) is 2. The molecule has 0 aliphatic rings. The van der Waals surface area contributed by atoms with E-state index in [1.807, 2.05) is 37.3 Å². The monoisotopic (exact) mass is 451 g/mol. The molecule has 7 nitrogen and oxygen atoms in total. The largest absolute Gasteiger partial charge is 0.497 e. The number of nitrogens with one attached hydrogen (secondary N) is 1. The van der Waals surface area contributed by atoms with Gasteiger partial charge in [-0.3, -0.25) is 9.48 Å². The summed E-state index contributed by atoms with van der Waals surface area (Å²) in [5.41, 5.74) is 2.54. The van der Waals surface area contributed by atoms with Gasteiger partial charge < -0.3 is 19.2 Å². The van der Waals surface area contributed by atoms with Crippen molar-refractivity contribution in [3.05, 3.63) is 94.7 Å². The van der Waals surface area contributed by atoms with E-state index in [1.54, 1.807) is 48.5 Å². The van der Waals surface area contributed by atoms with Gasteiger partial charge in [0.2, 0.25) is 0 Å². The molecule has 32 heavy (non-hydrogen) atoms. The molecule has 1 amide bonds. The number of hydrogen-bond donors (Lipinski definition) is 1. The minimum Gasteiger partial charge on any atom is -0.497 e. The van der Waals surface area contributed by atoms with Gasteiger partial charge in [0.05, 0.1) is 25.5 Å². The van der Waals surface area contributed by atoms with Crippen LogP contribution >= 0.6 is 11.6 Å². The Bertz CT molecular complexity index is 1230. The quantitative estimate of drug-likeness (QED) is 0.392. The van der Waals surface area contributed by atoms with Crippen molar-refractivity contribution in [2.24, 2.45) is 0 Å². The molecule has 8 heteroatoms. The molecule has 0 spiro atoms. The molecule has 2 heterocycles. The van der Waals surface area contributed by atoms with Crippen LogP contribution in [0.2, 0.25) is 5.02 Å². The number of hydrogen-bond acceptors (Lipinski definition) is 5. The van der Waals surface area contributed by atoms with Crippen LogP contribution in [0.3, 0.4) is 0 Å². The number of amides is 1. The van der Waals surface area contributed by atoms with Crippen molar-refractivity contribution in [1.29, 1.82) is 0 Å². The Morgan fingerprint density at radius 2 is 2.03 bits per heavy atom. The number of ether oxygens (including phenoxy) is 2. The summed E-state index contributed by atoms with van der Waals surface area (Å²) in [5.74, 6) is 1.83. The van der Waals surface area contributed by atoms with Gasteiger partial charge >= 0.3 is 0 Å². The number of rotatable bonds is 8. The van der Waals surface area contributed by atoms with Crippen LogP contribution in [0.15, 0.2) is 71.4 Å². The molecule has 4 rings (SSSR count). The lowest BCUT2D eigenvalue weighted by molar-refractivity contribution is 0.0992. The second-order valence-electron chi connectivity index (χ2n) is 7.20. The van der Waals surface area contributed by atoms with Crippen molar-refractivity contribution in [1.82, 2.24) is 9.78 Å². The summed E-state index contributed by atoms with van der Waals surface area (Å²) in [6, 6.07) is 16.5. The first-order valence-electron chi connectivity index (χ1n) is 9.94. The zero-order valence-electron chi connectivity index (χ0n) is 17.7. The van der Waals surface area contributed by atoms with E-state index in [2.05, 4.69) is 10.4 Å². The van der Waals surface area contributed by atoms with E-state index in [1.165, 1.54) is 0 Å². The predicted molar refractivity (Wildman–Crippen MR) is 122 cm³/mol. The Kier molecular flexibility index (Phi) is 6.47. The van der Waals surface area contributed by atoms with Gasteiger partial charge in [-0.1, -0.05) is 23.7 Å². The summed E-state index contributed by atoms with van der Waals surface area (Å²) in [7, 11) is 1.63. The van der Waals surface area contributed by atoms with Crippen molar-refractivity contribution in [2.75, 3.05) is 12.4 Å². The molecule has 0 fully saturated rings. The summed E-state index contributed by atoms with van der Waals surface area (Å²) in [4.78, 5) is 12.5. The van der Waals surface area contributed by atoms with E-state index in [9.17, 15) is 4.79 Å². The van der Waals surface area contributed by atoms with Gasteiger partial charge in [-0.05, 0) is 60.5 Å². The third-order valence-electron chi connectivity index (χ3n) is 4.77. The van der Waals surface area contributed by atoms with Crippen LogP contribution in [-0.2, 0) is 13.2 Å². The fourth-order valence-corrected chi connectivity index (χ4v) is 3.22. The number of carbonyl (C=O) groups excluding carboxylic acids is 1. The number of halogens is 1. The zero-order chi connectivity index (χ0) is 22.5. The van der Waals surface area contributed by atoms with Crippen molar-refractivity contribution < 1.29 is 18.7 Å². The smallest absolute Gasteiger partial charge is 0.291 e. The lowest BCUT2D eigenvalue weighted by Gasteiger charge is -2.06. The second-order valence-corrected chi connectivity index (χ2v) is 7.61. The molecule has 0 atom stereocenters. The van der Waals surface area contributed by atoms with E-state index >= 15 is 0 Å². The van der Waals surface area contributed by atoms with Crippen molar-refractivity contribution >= 4 is 23.2 Å². The van der Waals surface area contributed by atoms with Crippen LogP contribution in [0.5, 0.6) is 11.5 Å². The molecule has 0 aliphatic heterocycles. The minimum absolute atomic E-state index is 0.191. The topological polar surface area (TPSA) is 78.5 Å². The van der Waals surface area contributed by atoms with Gasteiger partial charge in [0, 0.05) is 11.2 Å². The molecule has 0 unspecified atom stereocenters. The SMILES string of the molecule is COc1cccc(Cn2cc(NC(=O)c3ccc(COc4ccc(Cl)c(C)c4)o3)cn2)c1.